The fourth-order valence-electron chi connectivity index (χ4n) is 1.85. The second-order valence-electron chi connectivity index (χ2n) is 5.67. The van der Waals surface area contributed by atoms with Gasteiger partial charge in [-0.1, -0.05) is 38.4 Å². The van der Waals surface area contributed by atoms with Gasteiger partial charge in [0.05, 0.1) is 11.5 Å². The molecular weight excluding hydrogens is 310 g/mol. The van der Waals surface area contributed by atoms with Crippen molar-refractivity contribution < 1.29 is 4.92 Å². The largest absolute Gasteiger partial charge is 0.375 e. The van der Waals surface area contributed by atoms with Crippen molar-refractivity contribution in [1.82, 2.24) is 4.98 Å². The summed E-state index contributed by atoms with van der Waals surface area (Å²) in [6.07, 6.45) is 1.66. The molecule has 0 aliphatic rings. The van der Waals surface area contributed by atoms with E-state index < -0.39 is 0 Å². The molecule has 5 nitrogen and oxygen atoms in total. The number of aromatic nitrogens is 1. The summed E-state index contributed by atoms with van der Waals surface area (Å²) in [5.41, 5.74) is 1.38. The Bertz CT molecular complexity index is 664. The Balaban J connectivity index is 2.24. The molecule has 0 radical (unpaired) electrons. The number of nitro benzene ring substituents is 1. The van der Waals surface area contributed by atoms with Crippen LogP contribution in [0.3, 0.4) is 0 Å². The molecule has 1 heterocycles. The molecule has 7 heteroatoms. The van der Waals surface area contributed by atoms with Crippen LogP contribution in [0.5, 0.6) is 0 Å². The monoisotopic (exact) mass is 325 g/mol. The van der Waals surface area contributed by atoms with Crippen molar-refractivity contribution in [3.63, 3.8) is 0 Å². The Labute approximate surface area is 132 Å². The van der Waals surface area contributed by atoms with Crippen molar-refractivity contribution in [3.8, 4) is 0 Å². The topological polar surface area (TPSA) is 68.1 Å². The minimum Gasteiger partial charge on any atom is -0.375 e. The van der Waals surface area contributed by atoms with Crippen LogP contribution in [0.25, 0.3) is 0 Å². The molecule has 0 fully saturated rings. The van der Waals surface area contributed by atoms with Gasteiger partial charge in [0, 0.05) is 17.1 Å². The van der Waals surface area contributed by atoms with Crippen LogP contribution in [0.15, 0.2) is 24.4 Å². The summed E-state index contributed by atoms with van der Waals surface area (Å²) in [7, 11) is 0. The SMILES string of the molecule is CC(C)(C)c1ccc(NCc2cnc(Cl)s2)c([N+](=O)[O-])c1. The van der Waals surface area contributed by atoms with Crippen LogP contribution in [0.1, 0.15) is 31.2 Å². The highest BCUT2D eigenvalue weighted by Gasteiger charge is 2.20. The lowest BCUT2D eigenvalue weighted by atomic mass is 9.86. The summed E-state index contributed by atoms with van der Waals surface area (Å²) in [6.45, 7) is 6.54. The number of hydrogen-bond donors (Lipinski definition) is 1. The van der Waals surface area contributed by atoms with Crippen molar-refractivity contribution in [2.45, 2.75) is 32.7 Å². The molecule has 0 amide bonds. The predicted octanol–water partition coefficient (Wildman–Crippen LogP) is 4.61. The van der Waals surface area contributed by atoms with Crippen molar-refractivity contribution in [1.29, 1.82) is 0 Å². The van der Waals surface area contributed by atoms with Crippen molar-refractivity contribution in [2.24, 2.45) is 0 Å². The Morgan fingerprint density at radius 3 is 2.67 bits per heavy atom. The summed E-state index contributed by atoms with van der Waals surface area (Å²) < 4.78 is 0.462. The molecule has 0 saturated heterocycles. The van der Waals surface area contributed by atoms with E-state index in [-0.39, 0.29) is 16.0 Å². The Morgan fingerprint density at radius 2 is 2.14 bits per heavy atom. The number of nitro groups is 1. The van der Waals surface area contributed by atoms with Gasteiger partial charge in [0.1, 0.15) is 5.69 Å². The van der Waals surface area contributed by atoms with Crippen LogP contribution in [-0.2, 0) is 12.0 Å². The predicted molar refractivity (Wildman–Crippen MR) is 86.2 cm³/mol. The number of benzene rings is 1. The van der Waals surface area contributed by atoms with Gasteiger partial charge < -0.3 is 5.32 Å². The van der Waals surface area contributed by atoms with E-state index in [1.165, 1.54) is 11.3 Å². The zero-order chi connectivity index (χ0) is 15.6. The van der Waals surface area contributed by atoms with Crippen LogP contribution in [0, 0.1) is 10.1 Å². The minimum atomic E-state index is -0.364. The van der Waals surface area contributed by atoms with Crippen LogP contribution in [-0.4, -0.2) is 9.91 Å². The molecule has 0 bridgehead atoms. The number of nitrogens with zero attached hydrogens (tertiary/aromatic N) is 2. The van der Waals surface area contributed by atoms with Gasteiger partial charge in [0.2, 0.25) is 0 Å². The second-order valence-corrected chi connectivity index (χ2v) is 7.37. The first-order valence-corrected chi connectivity index (χ1v) is 7.60. The summed E-state index contributed by atoms with van der Waals surface area (Å²) >= 11 is 7.12. The number of nitrogens with one attached hydrogen (secondary N) is 1. The number of hydrogen-bond acceptors (Lipinski definition) is 5. The summed E-state index contributed by atoms with van der Waals surface area (Å²) in [4.78, 5) is 15.8. The van der Waals surface area contributed by atoms with Gasteiger partial charge in [-0.15, -0.1) is 11.3 Å². The first-order valence-electron chi connectivity index (χ1n) is 6.40. The van der Waals surface area contributed by atoms with Crippen LogP contribution in [0.2, 0.25) is 4.47 Å². The highest BCUT2D eigenvalue weighted by Crippen LogP contribution is 2.32. The molecular formula is C14H16ClN3O2S. The molecule has 0 atom stereocenters. The third-order valence-corrected chi connectivity index (χ3v) is 4.15. The van der Waals surface area contributed by atoms with E-state index in [1.807, 2.05) is 26.8 Å². The molecule has 0 aliphatic carbocycles. The van der Waals surface area contributed by atoms with E-state index in [0.29, 0.717) is 16.7 Å². The molecule has 1 aromatic heterocycles. The Morgan fingerprint density at radius 1 is 1.43 bits per heavy atom. The maximum Gasteiger partial charge on any atom is 0.292 e. The highest BCUT2D eigenvalue weighted by molar-refractivity contribution is 7.15. The lowest BCUT2D eigenvalue weighted by Crippen LogP contribution is -2.12. The fourth-order valence-corrected chi connectivity index (χ4v) is 2.76. The molecule has 0 saturated carbocycles. The van der Waals surface area contributed by atoms with Gasteiger partial charge in [-0.2, -0.15) is 0 Å². The lowest BCUT2D eigenvalue weighted by Gasteiger charge is -2.19. The normalized spacial score (nSPS) is 11.4. The standard InChI is InChI=1S/C14H16ClN3O2S/c1-14(2,3)9-4-5-11(12(6-9)18(19)20)16-7-10-8-17-13(15)21-10/h4-6,8,16H,7H2,1-3H3. The molecule has 0 unspecified atom stereocenters. The molecule has 2 aromatic rings. The summed E-state index contributed by atoms with van der Waals surface area (Å²) in [5.74, 6) is 0. The van der Waals surface area contributed by atoms with Crippen LogP contribution in [0.4, 0.5) is 11.4 Å². The van der Waals surface area contributed by atoms with Gasteiger partial charge in [0.25, 0.3) is 5.69 Å². The minimum absolute atomic E-state index is 0.0815. The third-order valence-electron chi connectivity index (χ3n) is 3.04. The molecule has 1 aromatic carbocycles. The van der Waals surface area contributed by atoms with E-state index in [0.717, 1.165) is 10.4 Å². The molecule has 2 rings (SSSR count). The van der Waals surface area contributed by atoms with Crippen molar-refractivity contribution in [3.05, 3.63) is 49.4 Å². The highest BCUT2D eigenvalue weighted by atomic mass is 35.5. The zero-order valence-corrected chi connectivity index (χ0v) is 13.6. The molecule has 112 valence electrons. The van der Waals surface area contributed by atoms with Crippen LogP contribution < -0.4 is 5.32 Å². The first kappa shape index (κ1) is 15.7. The van der Waals surface area contributed by atoms with Gasteiger partial charge in [-0.05, 0) is 17.0 Å². The van der Waals surface area contributed by atoms with Crippen LogP contribution >= 0.6 is 22.9 Å². The molecule has 0 aliphatic heterocycles. The quantitative estimate of drug-likeness (QED) is 0.658. The fraction of sp³-hybridized carbons (Fsp3) is 0.357. The Hall–Kier alpha value is -1.66. The maximum atomic E-state index is 11.3. The number of halogens is 1. The summed E-state index contributed by atoms with van der Waals surface area (Å²) in [6, 6.07) is 5.29. The molecule has 21 heavy (non-hydrogen) atoms. The van der Waals surface area contributed by atoms with Gasteiger partial charge >= 0.3 is 0 Å². The van der Waals surface area contributed by atoms with E-state index in [2.05, 4.69) is 10.3 Å². The molecule has 0 spiro atoms. The number of rotatable bonds is 4. The molecule has 1 N–H and O–H groups in total. The Kier molecular flexibility index (Phi) is 4.49. The second kappa shape index (κ2) is 5.99. The van der Waals surface area contributed by atoms with Gasteiger partial charge in [-0.3, -0.25) is 10.1 Å². The summed E-state index contributed by atoms with van der Waals surface area (Å²) in [5, 5.41) is 14.3. The first-order chi connectivity index (χ1) is 9.77. The average Bonchev–Trinajstić information content (AvgIpc) is 2.80. The zero-order valence-electron chi connectivity index (χ0n) is 12.0. The van der Waals surface area contributed by atoms with E-state index in [9.17, 15) is 10.1 Å². The third kappa shape index (κ3) is 3.92. The smallest absolute Gasteiger partial charge is 0.292 e. The maximum absolute atomic E-state index is 11.3. The van der Waals surface area contributed by atoms with E-state index in [1.54, 1.807) is 18.3 Å². The van der Waals surface area contributed by atoms with E-state index >= 15 is 0 Å². The number of anilines is 1. The van der Waals surface area contributed by atoms with Gasteiger partial charge in [0.15, 0.2) is 4.47 Å². The van der Waals surface area contributed by atoms with Crippen molar-refractivity contribution >= 4 is 34.3 Å². The van der Waals surface area contributed by atoms with E-state index in [4.69, 9.17) is 11.6 Å². The number of thiazole rings is 1. The lowest BCUT2D eigenvalue weighted by molar-refractivity contribution is -0.384. The van der Waals surface area contributed by atoms with Crippen molar-refractivity contribution in [2.75, 3.05) is 5.32 Å². The van der Waals surface area contributed by atoms with Gasteiger partial charge in [-0.25, -0.2) is 4.98 Å². The average molecular weight is 326 g/mol.